The van der Waals surface area contributed by atoms with E-state index in [0.29, 0.717) is 24.9 Å². The van der Waals surface area contributed by atoms with Crippen molar-refractivity contribution in [1.29, 1.82) is 0 Å². The first-order valence-electron chi connectivity index (χ1n) is 9.59. The predicted molar refractivity (Wildman–Crippen MR) is 108 cm³/mol. The first-order chi connectivity index (χ1) is 14.1. The number of anilines is 1. The van der Waals surface area contributed by atoms with E-state index in [0.717, 1.165) is 16.8 Å². The van der Waals surface area contributed by atoms with Crippen molar-refractivity contribution in [3.63, 3.8) is 0 Å². The van der Waals surface area contributed by atoms with Gasteiger partial charge in [0.25, 0.3) is 5.56 Å². The van der Waals surface area contributed by atoms with Gasteiger partial charge in [-0.25, -0.2) is 9.59 Å². The highest BCUT2D eigenvalue weighted by Crippen LogP contribution is 2.43. The molecule has 2 aromatic rings. The minimum atomic E-state index is -1.54. The average molecular weight is 414 g/mol. The van der Waals surface area contributed by atoms with Crippen LogP contribution in [0.2, 0.25) is 0 Å². The fourth-order valence-corrected chi connectivity index (χ4v) is 3.79. The summed E-state index contributed by atoms with van der Waals surface area (Å²) in [6.45, 7) is 6.06. The number of hydrogen-bond donors (Lipinski definition) is 3. The summed E-state index contributed by atoms with van der Waals surface area (Å²) in [5, 5.41) is 19.6. The Bertz CT molecular complexity index is 1130. The number of benzene rings is 1. The van der Waals surface area contributed by atoms with Gasteiger partial charge in [-0.15, -0.1) is 0 Å². The molecule has 2 aliphatic heterocycles. The van der Waals surface area contributed by atoms with Crippen LogP contribution >= 0.6 is 0 Å². The number of nitrogens with zero attached hydrogens (tertiary/aromatic N) is 1. The van der Waals surface area contributed by atoms with Crippen molar-refractivity contribution in [1.82, 2.24) is 4.98 Å². The molecule has 4 rings (SSSR count). The molecule has 1 aromatic carbocycles. The molecule has 2 aliphatic rings. The minimum absolute atomic E-state index is 0.0623. The summed E-state index contributed by atoms with van der Waals surface area (Å²) in [5.74, 6) is -2.29. The van der Waals surface area contributed by atoms with Gasteiger partial charge < -0.3 is 24.7 Å². The molecular weight excluding hydrogens is 392 g/mol. The van der Waals surface area contributed by atoms with Crippen molar-refractivity contribution >= 4 is 17.7 Å². The molecule has 0 bridgehead atoms. The molecule has 0 aliphatic carbocycles. The molecule has 0 unspecified atom stereocenters. The van der Waals surface area contributed by atoms with Gasteiger partial charge >= 0.3 is 12.1 Å². The van der Waals surface area contributed by atoms with E-state index in [1.54, 1.807) is 25.7 Å². The Hall–Kier alpha value is -3.49. The molecule has 0 fully saturated rings. The molecule has 30 heavy (non-hydrogen) atoms. The van der Waals surface area contributed by atoms with Gasteiger partial charge in [0, 0.05) is 18.5 Å². The van der Waals surface area contributed by atoms with Gasteiger partial charge in [0.05, 0.1) is 18.0 Å². The van der Waals surface area contributed by atoms with Gasteiger partial charge in [-0.2, -0.15) is 0 Å². The maximum Gasteiger partial charge on any atom is 0.414 e. The first kappa shape index (κ1) is 19.8. The van der Waals surface area contributed by atoms with Gasteiger partial charge in [-0.05, 0) is 50.5 Å². The average Bonchev–Trinajstić information content (AvgIpc) is 2.95. The summed E-state index contributed by atoms with van der Waals surface area (Å²) in [5.41, 5.74) is 1.01. The quantitative estimate of drug-likeness (QED) is 0.654. The van der Waals surface area contributed by atoms with Crippen LogP contribution in [0.4, 0.5) is 10.5 Å². The summed E-state index contributed by atoms with van der Waals surface area (Å²) >= 11 is 0. The van der Waals surface area contributed by atoms with Crippen LogP contribution in [0.1, 0.15) is 42.3 Å². The molecule has 9 heteroatoms. The molecule has 3 N–H and O–H groups in total. The molecule has 9 nitrogen and oxygen atoms in total. The number of rotatable bonds is 1. The highest BCUT2D eigenvalue weighted by Gasteiger charge is 2.32. The van der Waals surface area contributed by atoms with Crippen molar-refractivity contribution in [2.45, 2.75) is 39.2 Å². The number of aromatic nitrogens is 1. The number of aromatic hydroxyl groups is 1. The second kappa shape index (κ2) is 6.79. The third-order valence-electron chi connectivity index (χ3n) is 5.06. The number of amides is 1. The summed E-state index contributed by atoms with van der Waals surface area (Å²) in [6, 6.07) is 3.71. The van der Waals surface area contributed by atoms with Gasteiger partial charge in [0.1, 0.15) is 5.60 Å². The zero-order valence-electron chi connectivity index (χ0n) is 16.9. The van der Waals surface area contributed by atoms with Crippen LogP contribution in [-0.2, 0) is 17.6 Å². The van der Waals surface area contributed by atoms with E-state index in [-0.39, 0.29) is 18.1 Å². The number of aromatic amines is 1. The molecule has 0 saturated carbocycles. The smallest absolute Gasteiger partial charge is 0.414 e. The molecule has 0 saturated heterocycles. The van der Waals surface area contributed by atoms with E-state index >= 15 is 0 Å². The fraction of sp³-hybridized carbons (Fsp3) is 0.381. The number of ether oxygens (including phenoxy) is 2. The molecule has 0 spiro atoms. The molecule has 3 heterocycles. The summed E-state index contributed by atoms with van der Waals surface area (Å²) < 4.78 is 11.1. The lowest BCUT2D eigenvalue weighted by Gasteiger charge is -2.25. The largest absolute Gasteiger partial charge is 0.503 e. The number of H-pyrrole nitrogens is 1. The number of carbonyl (C=O) groups is 2. The molecule has 0 radical (unpaired) electrons. The zero-order valence-corrected chi connectivity index (χ0v) is 16.9. The third kappa shape index (κ3) is 3.26. The fourth-order valence-electron chi connectivity index (χ4n) is 3.79. The van der Waals surface area contributed by atoms with Crippen molar-refractivity contribution in [2.75, 3.05) is 18.1 Å². The lowest BCUT2D eigenvalue weighted by molar-refractivity contribution is 0.0583. The molecule has 1 aromatic heterocycles. The Morgan fingerprint density at radius 1 is 1.20 bits per heavy atom. The highest BCUT2D eigenvalue weighted by molar-refractivity contribution is 5.94. The number of carboxylic acid groups (broad SMARTS) is 1. The Labute approximate surface area is 171 Å². The summed E-state index contributed by atoms with van der Waals surface area (Å²) in [7, 11) is 0. The number of pyridine rings is 1. The Balaban J connectivity index is 1.82. The molecule has 0 atom stereocenters. The molecular formula is C21H22N2O7. The normalized spacial score (nSPS) is 14.8. The number of hydrogen-bond acceptors (Lipinski definition) is 6. The maximum absolute atomic E-state index is 12.6. The van der Waals surface area contributed by atoms with E-state index in [1.807, 2.05) is 12.1 Å². The molecule has 158 valence electrons. The second-order valence-electron chi connectivity index (χ2n) is 8.31. The Kier molecular flexibility index (Phi) is 4.48. The number of carboxylic acids is 1. The number of nitrogens with one attached hydrogen (secondary N) is 1. The lowest BCUT2D eigenvalue weighted by atomic mass is 9.97. The van der Waals surface area contributed by atoms with E-state index in [2.05, 4.69) is 4.98 Å². The summed E-state index contributed by atoms with van der Waals surface area (Å²) in [4.78, 5) is 40.3. The van der Waals surface area contributed by atoms with Crippen LogP contribution < -0.4 is 15.2 Å². The monoisotopic (exact) mass is 414 g/mol. The first-order valence-corrected chi connectivity index (χ1v) is 9.59. The van der Waals surface area contributed by atoms with Gasteiger partial charge in [-0.1, -0.05) is 0 Å². The Morgan fingerprint density at radius 3 is 2.60 bits per heavy atom. The minimum Gasteiger partial charge on any atom is -0.503 e. The van der Waals surface area contributed by atoms with Crippen molar-refractivity contribution in [2.24, 2.45) is 0 Å². The number of carbonyl (C=O) groups excluding carboxylic acids is 1. The lowest BCUT2D eigenvalue weighted by Crippen LogP contribution is -2.35. The maximum atomic E-state index is 12.6. The van der Waals surface area contributed by atoms with E-state index in [4.69, 9.17) is 9.47 Å². The van der Waals surface area contributed by atoms with Crippen LogP contribution in [-0.4, -0.2) is 46.0 Å². The van der Waals surface area contributed by atoms with Crippen LogP contribution in [0.3, 0.4) is 0 Å². The second-order valence-corrected chi connectivity index (χ2v) is 8.31. The SMILES string of the molecule is CC(C)(C)OC(=O)N1CCc2cc3c(cc21)CCOc1c-3[nH]c(=O)c(C(=O)O)c1O. The van der Waals surface area contributed by atoms with E-state index < -0.39 is 34.5 Å². The zero-order chi connectivity index (χ0) is 21.8. The summed E-state index contributed by atoms with van der Waals surface area (Å²) in [6.07, 6.45) is 0.619. The van der Waals surface area contributed by atoms with Crippen LogP contribution in [0.5, 0.6) is 11.5 Å². The van der Waals surface area contributed by atoms with E-state index in [1.165, 1.54) is 0 Å². The third-order valence-corrected chi connectivity index (χ3v) is 5.06. The predicted octanol–water partition coefficient (Wildman–Crippen LogP) is 2.68. The van der Waals surface area contributed by atoms with Crippen LogP contribution in [0, 0.1) is 0 Å². The molecule has 1 amide bonds. The van der Waals surface area contributed by atoms with Crippen LogP contribution in [0.15, 0.2) is 16.9 Å². The van der Waals surface area contributed by atoms with Gasteiger partial charge in [0.15, 0.2) is 17.1 Å². The highest BCUT2D eigenvalue weighted by atomic mass is 16.6. The Morgan fingerprint density at radius 2 is 1.93 bits per heavy atom. The van der Waals surface area contributed by atoms with Gasteiger partial charge in [-0.3, -0.25) is 9.69 Å². The van der Waals surface area contributed by atoms with Crippen LogP contribution in [0.25, 0.3) is 11.3 Å². The van der Waals surface area contributed by atoms with Crippen molar-refractivity contribution in [3.05, 3.63) is 39.2 Å². The standard InChI is InChI=1S/C21H22N2O7/c1-21(2,3)30-20(28)23-6-4-11-8-12-10(9-13(11)23)5-7-29-17-15(12)22-18(25)14(16(17)24)19(26)27/h8-9H,4-7H2,1-3H3,(H,26,27)(H2,22,24,25). The van der Waals surface area contributed by atoms with Crippen molar-refractivity contribution < 1.29 is 29.3 Å². The number of aromatic carboxylic acids is 1. The van der Waals surface area contributed by atoms with E-state index in [9.17, 15) is 24.6 Å². The topological polar surface area (TPSA) is 129 Å². The number of fused-ring (bicyclic) bond motifs is 4. The van der Waals surface area contributed by atoms with Gasteiger partial charge in [0.2, 0.25) is 0 Å². The van der Waals surface area contributed by atoms with Crippen molar-refractivity contribution in [3.8, 4) is 22.8 Å².